The molecular formula is C14H10Cl2N2O2. The fourth-order valence-electron chi connectivity index (χ4n) is 1.46. The molecule has 4 nitrogen and oxygen atoms in total. The molecule has 0 fully saturated rings. The van der Waals surface area contributed by atoms with E-state index >= 15 is 0 Å². The molecule has 0 aliphatic rings. The number of hydrogen-bond acceptors (Lipinski definition) is 3. The first-order chi connectivity index (χ1) is 9.58. The first-order valence-corrected chi connectivity index (χ1v) is 6.40. The lowest BCUT2D eigenvalue weighted by Crippen LogP contribution is -2.17. The minimum absolute atomic E-state index is 0.0834. The molecule has 2 aromatic carbocycles. The number of phenolic OH excluding ortho intramolecular Hbond substituents is 1. The quantitative estimate of drug-likeness (QED) is 0.674. The number of nitrogens with zero attached hydrogens (tertiary/aromatic N) is 1. The van der Waals surface area contributed by atoms with Gasteiger partial charge in [-0.2, -0.15) is 5.10 Å². The van der Waals surface area contributed by atoms with Gasteiger partial charge in [0.05, 0.1) is 16.3 Å². The van der Waals surface area contributed by atoms with E-state index in [0.29, 0.717) is 21.2 Å². The summed E-state index contributed by atoms with van der Waals surface area (Å²) >= 11 is 11.6. The second kappa shape index (κ2) is 6.41. The second-order valence-corrected chi connectivity index (χ2v) is 4.70. The van der Waals surface area contributed by atoms with Crippen molar-refractivity contribution in [2.45, 2.75) is 0 Å². The normalized spacial score (nSPS) is 10.7. The van der Waals surface area contributed by atoms with Gasteiger partial charge >= 0.3 is 0 Å². The monoisotopic (exact) mass is 308 g/mol. The van der Waals surface area contributed by atoms with E-state index < -0.39 is 5.91 Å². The van der Waals surface area contributed by atoms with Crippen molar-refractivity contribution in [3.8, 4) is 5.75 Å². The summed E-state index contributed by atoms with van der Waals surface area (Å²) in [7, 11) is 0. The number of hydrogen-bond donors (Lipinski definition) is 2. The Labute approximate surface area is 125 Å². The molecule has 0 bridgehead atoms. The third kappa shape index (κ3) is 3.50. The van der Waals surface area contributed by atoms with Crippen LogP contribution in [-0.2, 0) is 0 Å². The fraction of sp³-hybridized carbons (Fsp3) is 0. The molecule has 0 aliphatic heterocycles. The molecule has 1 amide bonds. The standard InChI is InChI=1S/C14H10Cl2N2O2/c15-11-6-5-9(7-12(11)16)14(20)18-17-8-10-3-1-2-4-13(10)19/h1-8,19H,(H,18,20)/b17-8+. The molecule has 0 unspecified atom stereocenters. The van der Waals surface area contributed by atoms with Crippen molar-refractivity contribution in [1.82, 2.24) is 5.43 Å². The highest BCUT2D eigenvalue weighted by Gasteiger charge is 2.06. The Morgan fingerprint density at radius 1 is 1.15 bits per heavy atom. The molecule has 102 valence electrons. The minimum atomic E-state index is -0.421. The van der Waals surface area contributed by atoms with Crippen LogP contribution >= 0.6 is 23.2 Å². The number of rotatable bonds is 3. The largest absolute Gasteiger partial charge is 0.507 e. The zero-order chi connectivity index (χ0) is 14.5. The van der Waals surface area contributed by atoms with Gasteiger partial charge in [-0.1, -0.05) is 35.3 Å². The van der Waals surface area contributed by atoms with Crippen LogP contribution in [0.3, 0.4) is 0 Å². The van der Waals surface area contributed by atoms with Crippen LogP contribution < -0.4 is 5.43 Å². The van der Waals surface area contributed by atoms with Gasteiger partial charge in [0.15, 0.2) is 0 Å². The fourth-order valence-corrected chi connectivity index (χ4v) is 1.76. The molecule has 0 heterocycles. The lowest BCUT2D eigenvalue weighted by atomic mass is 10.2. The van der Waals surface area contributed by atoms with Gasteiger partial charge in [0.25, 0.3) is 5.91 Å². The summed E-state index contributed by atoms with van der Waals surface area (Å²) < 4.78 is 0. The summed E-state index contributed by atoms with van der Waals surface area (Å²) in [6.07, 6.45) is 1.35. The highest BCUT2D eigenvalue weighted by Crippen LogP contribution is 2.22. The average molecular weight is 309 g/mol. The van der Waals surface area contributed by atoms with Gasteiger partial charge in [0.1, 0.15) is 5.75 Å². The minimum Gasteiger partial charge on any atom is -0.507 e. The molecular weight excluding hydrogens is 299 g/mol. The van der Waals surface area contributed by atoms with Gasteiger partial charge in [0.2, 0.25) is 0 Å². The number of para-hydroxylation sites is 1. The number of carbonyl (C=O) groups is 1. The molecule has 2 aromatic rings. The average Bonchev–Trinajstić information content (AvgIpc) is 2.44. The van der Waals surface area contributed by atoms with E-state index in [1.54, 1.807) is 24.3 Å². The Morgan fingerprint density at radius 3 is 2.60 bits per heavy atom. The van der Waals surface area contributed by atoms with Crippen LogP contribution in [0.25, 0.3) is 0 Å². The van der Waals surface area contributed by atoms with Crippen LogP contribution in [0, 0.1) is 0 Å². The number of nitrogens with one attached hydrogen (secondary N) is 1. The topological polar surface area (TPSA) is 61.7 Å². The number of hydrazone groups is 1. The molecule has 2 rings (SSSR count). The Kier molecular flexibility index (Phi) is 4.61. The summed E-state index contributed by atoms with van der Waals surface area (Å²) in [4.78, 5) is 11.8. The lowest BCUT2D eigenvalue weighted by molar-refractivity contribution is 0.0955. The van der Waals surface area contributed by atoms with Gasteiger partial charge in [0, 0.05) is 11.1 Å². The summed E-state index contributed by atoms with van der Waals surface area (Å²) in [5.41, 5.74) is 3.18. The first kappa shape index (κ1) is 14.4. The Balaban J connectivity index is 2.05. The number of phenols is 1. The number of halogens is 2. The van der Waals surface area contributed by atoms with Crippen molar-refractivity contribution in [2.75, 3.05) is 0 Å². The molecule has 0 aliphatic carbocycles. The van der Waals surface area contributed by atoms with Crippen molar-refractivity contribution in [2.24, 2.45) is 5.10 Å². The van der Waals surface area contributed by atoms with Crippen molar-refractivity contribution in [1.29, 1.82) is 0 Å². The van der Waals surface area contributed by atoms with Crippen LogP contribution in [0.15, 0.2) is 47.6 Å². The molecule has 0 saturated heterocycles. The molecule has 0 radical (unpaired) electrons. The lowest BCUT2D eigenvalue weighted by Gasteiger charge is -2.02. The molecule has 20 heavy (non-hydrogen) atoms. The predicted molar refractivity (Wildman–Crippen MR) is 79.6 cm³/mol. The molecule has 0 saturated carbocycles. The van der Waals surface area contributed by atoms with Crippen LogP contribution in [0.1, 0.15) is 15.9 Å². The van der Waals surface area contributed by atoms with Crippen molar-refractivity contribution >= 4 is 35.3 Å². The number of carbonyl (C=O) groups excluding carboxylic acids is 1. The van der Waals surface area contributed by atoms with Crippen molar-refractivity contribution < 1.29 is 9.90 Å². The van der Waals surface area contributed by atoms with Crippen LogP contribution in [0.2, 0.25) is 10.0 Å². The Bertz CT molecular complexity index is 672. The van der Waals surface area contributed by atoms with E-state index in [4.69, 9.17) is 23.2 Å². The zero-order valence-corrected chi connectivity index (χ0v) is 11.7. The Hall–Kier alpha value is -2.04. The molecule has 6 heteroatoms. The molecule has 2 N–H and O–H groups in total. The highest BCUT2D eigenvalue weighted by molar-refractivity contribution is 6.42. The van der Waals surface area contributed by atoms with Gasteiger partial charge in [-0.25, -0.2) is 5.43 Å². The smallest absolute Gasteiger partial charge is 0.271 e. The van der Waals surface area contributed by atoms with Gasteiger partial charge < -0.3 is 5.11 Å². The maximum Gasteiger partial charge on any atom is 0.271 e. The van der Waals surface area contributed by atoms with E-state index in [1.165, 1.54) is 24.4 Å². The van der Waals surface area contributed by atoms with E-state index in [9.17, 15) is 9.90 Å². The van der Waals surface area contributed by atoms with Crippen LogP contribution in [0.4, 0.5) is 0 Å². The second-order valence-electron chi connectivity index (χ2n) is 3.89. The highest BCUT2D eigenvalue weighted by atomic mass is 35.5. The SMILES string of the molecule is O=C(N/N=C/c1ccccc1O)c1ccc(Cl)c(Cl)c1. The maximum atomic E-state index is 11.8. The summed E-state index contributed by atoms with van der Waals surface area (Å²) in [6.45, 7) is 0. The van der Waals surface area contributed by atoms with Gasteiger partial charge in [-0.3, -0.25) is 4.79 Å². The van der Waals surface area contributed by atoms with E-state index in [1.807, 2.05) is 0 Å². The molecule has 0 atom stereocenters. The van der Waals surface area contributed by atoms with Crippen LogP contribution in [0.5, 0.6) is 5.75 Å². The van der Waals surface area contributed by atoms with E-state index in [0.717, 1.165) is 0 Å². The maximum absolute atomic E-state index is 11.8. The van der Waals surface area contributed by atoms with Gasteiger partial charge in [-0.15, -0.1) is 0 Å². The van der Waals surface area contributed by atoms with Crippen LogP contribution in [-0.4, -0.2) is 17.2 Å². The molecule has 0 aromatic heterocycles. The summed E-state index contributed by atoms with van der Waals surface area (Å²) in [5, 5.41) is 14.0. The number of benzene rings is 2. The number of aromatic hydroxyl groups is 1. The third-order valence-electron chi connectivity index (χ3n) is 2.49. The Morgan fingerprint density at radius 2 is 1.90 bits per heavy atom. The number of amides is 1. The summed E-state index contributed by atoms with van der Waals surface area (Å²) in [6, 6.07) is 11.2. The summed E-state index contributed by atoms with van der Waals surface area (Å²) in [5.74, 6) is -0.338. The molecule has 0 spiro atoms. The van der Waals surface area contributed by atoms with Crippen molar-refractivity contribution in [3.05, 3.63) is 63.6 Å². The predicted octanol–water partition coefficient (Wildman–Crippen LogP) is 3.46. The van der Waals surface area contributed by atoms with Crippen molar-refractivity contribution in [3.63, 3.8) is 0 Å². The van der Waals surface area contributed by atoms with Gasteiger partial charge in [-0.05, 0) is 30.3 Å². The third-order valence-corrected chi connectivity index (χ3v) is 3.23. The first-order valence-electron chi connectivity index (χ1n) is 5.64. The zero-order valence-electron chi connectivity index (χ0n) is 10.2. The van der Waals surface area contributed by atoms with E-state index in [-0.39, 0.29) is 5.75 Å². The van der Waals surface area contributed by atoms with E-state index in [2.05, 4.69) is 10.5 Å².